The van der Waals surface area contributed by atoms with Gasteiger partial charge in [-0.1, -0.05) is 82.9 Å². The van der Waals surface area contributed by atoms with E-state index in [9.17, 15) is 18.1 Å². The van der Waals surface area contributed by atoms with Crippen molar-refractivity contribution in [3.05, 3.63) is 48.0 Å². The third-order valence-corrected chi connectivity index (χ3v) is 6.02. The van der Waals surface area contributed by atoms with Gasteiger partial charge in [0.2, 0.25) is 0 Å². The summed E-state index contributed by atoms with van der Waals surface area (Å²) in [5.74, 6) is 0.514. The Morgan fingerprint density at radius 3 is 2.06 bits per heavy atom. The van der Waals surface area contributed by atoms with E-state index >= 15 is 0 Å². The summed E-state index contributed by atoms with van der Waals surface area (Å²) >= 11 is 0. The Bertz CT molecular complexity index is 883. The number of rotatable bonds is 14. The topological polar surface area (TPSA) is 86.7 Å². The van der Waals surface area contributed by atoms with Gasteiger partial charge in [-0.2, -0.15) is 8.42 Å². The number of hydrogen-bond acceptors (Lipinski definition) is 4. The van der Waals surface area contributed by atoms with E-state index in [-0.39, 0.29) is 62.0 Å². The first-order valence-corrected chi connectivity index (χ1v) is 12.4. The Kier molecular flexibility index (Phi) is 14.2. The van der Waals surface area contributed by atoms with Gasteiger partial charge in [-0.15, -0.1) is 5.75 Å². The fourth-order valence-corrected chi connectivity index (χ4v) is 3.96. The Labute approximate surface area is 229 Å². The maximum Gasteiger partial charge on any atom is 1.00 e. The Hall–Kier alpha value is -0.414. The second kappa shape index (κ2) is 15.4. The standard InChI is InChI=1S/C24H34O5S.K/c1-2-3-4-5-6-7-8-9-10-11-13-20-16-17-23(30(26,27)28)19-24(20)29-22-15-12-14-21(25)18-22;/h12,14-19,25H,2-11,13H2,1H3,(H,26,27,28);/q;+1/p-1. The molecular formula is C24H33KO5S. The van der Waals surface area contributed by atoms with E-state index in [0.717, 1.165) is 24.8 Å². The molecule has 0 spiro atoms. The second-order valence-electron chi connectivity index (χ2n) is 7.75. The largest absolute Gasteiger partial charge is 1.00 e. The van der Waals surface area contributed by atoms with Crippen LogP contribution in [0.2, 0.25) is 0 Å². The smallest absolute Gasteiger partial charge is 0.872 e. The zero-order chi connectivity index (χ0) is 21.8. The van der Waals surface area contributed by atoms with E-state index in [4.69, 9.17) is 4.74 Å². The third-order valence-electron chi connectivity index (χ3n) is 5.17. The van der Waals surface area contributed by atoms with Crippen molar-refractivity contribution >= 4 is 10.1 Å². The molecule has 0 fully saturated rings. The normalized spacial score (nSPS) is 11.2. The van der Waals surface area contributed by atoms with Crippen molar-refractivity contribution in [3.63, 3.8) is 0 Å². The number of unbranched alkanes of at least 4 members (excludes halogenated alkanes) is 9. The minimum atomic E-state index is -4.33. The Morgan fingerprint density at radius 2 is 1.48 bits per heavy atom. The number of aryl methyl sites for hydroxylation is 1. The summed E-state index contributed by atoms with van der Waals surface area (Å²) in [7, 11) is -4.33. The van der Waals surface area contributed by atoms with Crippen LogP contribution >= 0.6 is 0 Å². The predicted molar refractivity (Wildman–Crippen MR) is 118 cm³/mol. The molecule has 5 nitrogen and oxygen atoms in total. The molecule has 2 aromatic carbocycles. The van der Waals surface area contributed by atoms with Crippen LogP contribution in [0.5, 0.6) is 17.2 Å². The van der Waals surface area contributed by atoms with Crippen LogP contribution in [0.1, 0.15) is 76.7 Å². The summed E-state index contributed by atoms with van der Waals surface area (Å²) in [6.45, 7) is 2.23. The van der Waals surface area contributed by atoms with E-state index in [1.54, 1.807) is 18.2 Å². The first kappa shape index (κ1) is 28.6. The van der Waals surface area contributed by atoms with Gasteiger partial charge in [0, 0.05) is 6.07 Å². The van der Waals surface area contributed by atoms with Gasteiger partial charge in [0.1, 0.15) is 11.5 Å². The van der Waals surface area contributed by atoms with Crippen LogP contribution in [0, 0.1) is 0 Å². The van der Waals surface area contributed by atoms with Crippen molar-refractivity contribution in [1.82, 2.24) is 0 Å². The van der Waals surface area contributed by atoms with Crippen molar-refractivity contribution in [2.75, 3.05) is 0 Å². The molecule has 31 heavy (non-hydrogen) atoms. The molecule has 0 amide bonds. The van der Waals surface area contributed by atoms with Gasteiger partial charge < -0.3 is 9.84 Å². The van der Waals surface area contributed by atoms with Gasteiger partial charge in [-0.25, -0.2) is 0 Å². The van der Waals surface area contributed by atoms with Crippen molar-refractivity contribution in [1.29, 1.82) is 0 Å². The van der Waals surface area contributed by atoms with E-state index < -0.39 is 10.1 Å². The molecule has 0 atom stereocenters. The van der Waals surface area contributed by atoms with Gasteiger partial charge >= 0.3 is 51.4 Å². The zero-order valence-corrected chi connectivity index (χ0v) is 22.7. The Balaban J connectivity index is 0.00000480. The summed E-state index contributed by atoms with van der Waals surface area (Å²) < 4.78 is 38.1. The maximum absolute atomic E-state index is 11.5. The summed E-state index contributed by atoms with van der Waals surface area (Å²) in [6, 6.07) is 10.4. The van der Waals surface area contributed by atoms with Crippen LogP contribution in [0.4, 0.5) is 0 Å². The van der Waals surface area contributed by atoms with Crippen LogP contribution in [0.15, 0.2) is 47.4 Å². The molecule has 0 aliphatic heterocycles. The second-order valence-corrected chi connectivity index (χ2v) is 9.18. The monoisotopic (exact) mass is 472 g/mol. The molecule has 2 rings (SSSR count). The van der Waals surface area contributed by atoms with Crippen LogP contribution in [0.25, 0.3) is 0 Å². The first-order chi connectivity index (χ1) is 14.4. The molecule has 0 radical (unpaired) electrons. The summed E-state index contributed by atoms with van der Waals surface area (Å²) in [4.78, 5) is -0.220. The number of benzene rings is 2. The first-order valence-electron chi connectivity index (χ1n) is 11.0. The van der Waals surface area contributed by atoms with E-state index in [0.29, 0.717) is 11.5 Å². The quantitative estimate of drug-likeness (QED) is 0.259. The van der Waals surface area contributed by atoms with Crippen LogP contribution in [-0.2, 0) is 16.5 Å². The van der Waals surface area contributed by atoms with Gasteiger partial charge in [-0.3, -0.25) is 4.55 Å². The van der Waals surface area contributed by atoms with Crippen LogP contribution < -0.4 is 61.2 Å². The third kappa shape index (κ3) is 11.3. The average molecular weight is 473 g/mol. The molecule has 0 heterocycles. The molecule has 7 heteroatoms. The SMILES string of the molecule is CCCCCCCCCCCCc1ccc(S(=O)(=O)O)cc1Oc1cccc([O-])c1.[K+]. The van der Waals surface area contributed by atoms with Gasteiger partial charge in [-0.05, 0) is 36.6 Å². The van der Waals surface area contributed by atoms with Crippen molar-refractivity contribution in [3.8, 4) is 17.2 Å². The van der Waals surface area contributed by atoms with E-state index in [2.05, 4.69) is 6.92 Å². The van der Waals surface area contributed by atoms with Gasteiger partial charge in [0.05, 0.1) is 4.90 Å². The van der Waals surface area contributed by atoms with Gasteiger partial charge in [0.15, 0.2) is 0 Å². The minimum absolute atomic E-state index is 0. The molecule has 0 aromatic heterocycles. The van der Waals surface area contributed by atoms with Crippen LogP contribution in [0.3, 0.4) is 0 Å². The van der Waals surface area contributed by atoms with E-state index in [1.807, 2.05) is 0 Å². The van der Waals surface area contributed by atoms with Crippen molar-refractivity contribution in [2.45, 2.75) is 82.4 Å². The molecule has 2 aromatic rings. The van der Waals surface area contributed by atoms with Crippen LogP contribution in [-0.4, -0.2) is 13.0 Å². The molecule has 0 aliphatic rings. The Morgan fingerprint density at radius 1 is 0.871 bits per heavy atom. The minimum Gasteiger partial charge on any atom is -0.872 e. The van der Waals surface area contributed by atoms with Gasteiger partial charge in [0.25, 0.3) is 10.1 Å². The van der Waals surface area contributed by atoms with Crippen molar-refractivity contribution < 1.29 is 74.2 Å². The number of hydrogen-bond donors (Lipinski definition) is 1. The summed E-state index contributed by atoms with van der Waals surface area (Å²) in [5, 5.41) is 11.5. The number of ether oxygens (including phenoxy) is 1. The van der Waals surface area contributed by atoms with E-state index in [1.165, 1.54) is 75.6 Å². The predicted octanol–water partition coefficient (Wildman–Crippen LogP) is 3.27. The maximum atomic E-state index is 11.5. The molecule has 0 saturated heterocycles. The van der Waals surface area contributed by atoms with Crippen molar-refractivity contribution in [2.24, 2.45) is 0 Å². The average Bonchev–Trinajstić information content (AvgIpc) is 2.69. The fourth-order valence-electron chi connectivity index (χ4n) is 3.46. The molecule has 0 bridgehead atoms. The molecule has 0 saturated carbocycles. The summed E-state index contributed by atoms with van der Waals surface area (Å²) in [6.07, 6.45) is 13.1. The molecule has 166 valence electrons. The molecule has 0 unspecified atom stereocenters. The molecular weight excluding hydrogens is 439 g/mol. The summed E-state index contributed by atoms with van der Waals surface area (Å²) in [5.41, 5.74) is 0.860. The zero-order valence-electron chi connectivity index (χ0n) is 18.8. The molecule has 0 aliphatic carbocycles. The molecule has 1 N–H and O–H groups in total. The fraction of sp³-hybridized carbons (Fsp3) is 0.500.